The first-order chi connectivity index (χ1) is 5.75. The van der Waals surface area contributed by atoms with Gasteiger partial charge in [0.25, 0.3) is 0 Å². The Morgan fingerprint density at radius 1 is 1.42 bits per heavy atom. The molecule has 1 saturated carbocycles. The summed E-state index contributed by atoms with van der Waals surface area (Å²) in [7, 11) is 0. The van der Waals surface area contributed by atoms with E-state index in [4.69, 9.17) is 0 Å². The van der Waals surface area contributed by atoms with Crippen molar-refractivity contribution in [1.29, 1.82) is 0 Å². The highest BCUT2D eigenvalue weighted by molar-refractivity contribution is 9.09. The Kier molecular flexibility index (Phi) is 2.75. The topological polar surface area (TPSA) is 3.24 Å². The maximum absolute atomic E-state index is 3.70. The molecule has 1 aliphatic carbocycles. The second-order valence-electron chi connectivity index (χ2n) is 4.41. The highest BCUT2D eigenvalue weighted by atomic mass is 79.9. The van der Waals surface area contributed by atoms with Gasteiger partial charge in [-0.1, -0.05) is 28.8 Å². The van der Waals surface area contributed by atoms with E-state index in [9.17, 15) is 0 Å². The number of likely N-dealkylation sites (tertiary alicyclic amines) is 1. The third-order valence-corrected chi connectivity index (χ3v) is 3.84. The maximum Gasteiger partial charge on any atom is 0.0288 e. The van der Waals surface area contributed by atoms with Gasteiger partial charge in [-0.05, 0) is 32.2 Å². The van der Waals surface area contributed by atoms with Crippen LogP contribution < -0.4 is 0 Å². The van der Waals surface area contributed by atoms with Crippen LogP contribution in [0.1, 0.15) is 32.6 Å². The molecule has 0 aromatic rings. The van der Waals surface area contributed by atoms with E-state index in [2.05, 4.69) is 27.8 Å². The highest BCUT2D eigenvalue weighted by Gasteiger charge is 2.29. The molecule has 0 amide bonds. The minimum absolute atomic E-state index is 0.756. The van der Waals surface area contributed by atoms with Crippen LogP contribution in [0, 0.1) is 5.92 Å². The molecule has 2 aliphatic rings. The van der Waals surface area contributed by atoms with Gasteiger partial charge in [0, 0.05) is 17.4 Å². The second kappa shape index (κ2) is 3.67. The van der Waals surface area contributed by atoms with Crippen LogP contribution in [0.5, 0.6) is 0 Å². The van der Waals surface area contributed by atoms with E-state index < -0.39 is 0 Å². The van der Waals surface area contributed by atoms with Crippen LogP contribution in [0.4, 0.5) is 0 Å². The number of hydrogen-bond acceptors (Lipinski definition) is 1. The molecule has 2 heteroatoms. The fourth-order valence-corrected chi connectivity index (χ4v) is 3.01. The minimum Gasteiger partial charge on any atom is -0.300 e. The van der Waals surface area contributed by atoms with E-state index in [1.807, 2.05) is 0 Å². The smallest absolute Gasteiger partial charge is 0.0288 e. The largest absolute Gasteiger partial charge is 0.300 e. The van der Waals surface area contributed by atoms with Crippen LogP contribution in [-0.2, 0) is 0 Å². The van der Waals surface area contributed by atoms with Gasteiger partial charge in [0.15, 0.2) is 0 Å². The summed E-state index contributed by atoms with van der Waals surface area (Å²) in [5, 5.41) is 0. The zero-order valence-corrected chi connectivity index (χ0v) is 9.39. The molecular weight excluding hydrogens is 214 g/mol. The van der Waals surface area contributed by atoms with E-state index in [0.29, 0.717) is 0 Å². The fraction of sp³-hybridized carbons (Fsp3) is 1.00. The van der Waals surface area contributed by atoms with Gasteiger partial charge in [0.1, 0.15) is 0 Å². The molecule has 0 radical (unpaired) electrons. The second-order valence-corrected chi connectivity index (χ2v) is 5.70. The highest BCUT2D eigenvalue weighted by Crippen LogP contribution is 2.33. The van der Waals surface area contributed by atoms with Crippen LogP contribution >= 0.6 is 15.9 Å². The summed E-state index contributed by atoms with van der Waals surface area (Å²) >= 11 is 3.70. The summed E-state index contributed by atoms with van der Waals surface area (Å²) in [6.45, 7) is 4.97. The summed E-state index contributed by atoms with van der Waals surface area (Å²) in [6.07, 6.45) is 5.79. The molecule has 0 aromatic carbocycles. The zero-order valence-electron chi connectivity index (χ0n) is 7.80. The Balaban J connectivity index is 1.71. The average molecular weight is 232 g/mol. The van der Waals surface area contributed by atoms with E-state index in [1.165, 1.54) is 38.8 Å². The molecule has 0 N–H and O–H groups in total. The van der Waals surface area contributed by atoms with Gasteiger partial charge in [0.05, 0.1) is 0 Å². The van der Waals surface area contributed by atoms with Gasteiger partial charge in [-0.25, -0.2) is 0 Å². The Bertz CT molecular complexity index is 156. The van der Waals surface area contributed by atoms with Crippen molar-refractivity contribution in [3.63, 3.8) is 0 Å². The van der Waals surface area contributed by atoms with Crippen molar-refractivity contribution in [2.75, 3.05) is 13.1 Å². The maximum atomic E-state index is 3.70. The Morgan fingerprint density at radius 2 is 2.17 bits per heavy atom. The number of alkyl halides is 1. The van der Waals surface area contributed by atoms with Gasteiger partial charge in [-0.2, -0.15) is 0 Å². The lowest BCUT2D eigenvalue weighted by Gasteiger charge is -2.20. The third kappa shape index (κ3) is 2.23. The molecule has 70 valence electrons. The molecule has 12 heavy (non-hydrogen) atoms. The fourth-order valence-electron chi connectivity index (χ4n) is 2.09. The number of halogens is 1. The van der Waals surface area contributed by atoms with Crippen molar-refractivity contribution in [3.8, 4) is 0 Å². The van der Waals surface area contributed by atoms with Crippen molar-refractivity contribution in [2.45, 2.75) is 43.5 Å². The molecule has 1 saturated heterocycles. The number of nitrogens with zero attached hydrogens (tertiary/aromatic N) is 1. The molecule has 2 rings (SSSR count). The quantitative estimate of drug-likeness (QED) is 0.676. The molecular formula is C10H18BrN. The number of hydrogen-bond donors (Lipinski definition) is 0. The minimum atomic E-state index is 0.756. The SMILES string of the molecule is CC1CC(Br)CN1CCC1CC1. The Hall–Kier alpha value is 0.440. The standard InChI is InChI=1S/C10H18BrN/c1-8-6-10(11)7-12(8)5-4-9-2-3-9/h8-10H,2-7H2,1H3. The van der Waals surface area contributed by atoms with E-state index in [-0.39, 0.29) is 0 Å². The van der Waals surface area contributed by atoms with Crippen molar-refractivity contribution in [3.05, 3.63) is 0 Å². The van der Waals surface area contributed by atoms with Gasteiger partial charge in [0.2, 0.25) is 0 Å². The van der Waals surface area contributed by atoms with Crippen molar-refractivity contribution in [2.24, 2.45) is 5.92 Å². The Morgan fingerprint density at radius 3 is 2.67 bits per heavy atom. The van der Waals surface area contributed by atoms with Gasteiger partial charge in [-0.15, -0.1) is 0 Å². The molecule has 0 spiro atoms. The summed E-state index contributed by atoms with van der Waals surface area (Å²) in [4.78, 5) is 3.39. The van der Waals surface area contributed by atoms with Crippen LogP contribution in [0.3, 0.4) is 0 Å². The first-order valence-corrected chi connectivity index (χ1v) is 6.05. The molecule has 2 fully saturated rings. The normalized spacial score (nSPS) is 37.5. The lowest BCUT2D eigenvalue weighted by atomic mass is 10.2. The van der Waals surface area contributed by atoms with Gasteiger partial charge < -0.3 is 0 Å². The predicted molar refractivity (Wildman–Crippen MR) is 55.7 cm³/mol. The van der Waals surface area contributed by atoms with E-state index in [0.717, 1.165) is 16.8 Å². The molecule has 0 bridgehead atoms. The zero-order chi connectivity index (χ0) is 8.55. The van der Waals surface area contributed by atoms with E-state index in [1.54, 1.807) is 0 Å². The molecule has 1 heterocycles. The third-order valence-electron chi connectivity index (χ3n) is 3.17. The van der Waals surface area contributed by atoms with Gasteiger partial charge in [-0.3, -0.25) is 4.90 Å². The predicted octanol–water partition coefficient (Wildman–Crippen LogP) is 2.64. The van der Waals surface area contributed by atoms with Crippen LogP contribution in [0.15, 0.2) is 0 Å². The molecule has 1 aliphatic heterocycles. The Labute approximate surface area is 83.6 Å². The lowest BCUT2D eigenvalue weighted by molar-refractivity contribution is 0.261. The molecule has 2 atom stereocenters. The van der Waals surface area contributed by atoms with Crippen molar-refractivity contribution >= 4 is 15.9 Å². The molecule has 0 aromatic heterocycles. The van der Waals surface area contributed by atoms with Crippen molar-refractivity contribution in [1.82, 2.24) is 4.90 Å². The van der Waals surface area contributed by atoms with Gasteiger partial charge >= 0.3 is 0 Å². The first kappa shape index (κ1) is 9.01. The summed E-state index contributed by atoms with van der Waals surface area (Å²) < 4.78 is 0. The number of rotatable bonds is 3. The first-order valence-electron chi connectivity index (χ1n) is 5.14. The summed E-state index contributed by atoms with van der Waals surface area (Å²) in [6, 6.07) is 0.813. The monoisotopic (exact) mass is 231 g/mol. The van der Waals surface area contributed by atoms with Crippen molar-refractivity contribution < 1.29 is 0 Å². The van der Waals surface area contributed by atoms with Crippen LogP contribution in [0.2, 0.25) is 0 Å². The molecule has 1 nitrogen and oxygen atoms in total. The van der Waals surface area contributed by atoms with E-state index >= 15 is 0 Å². The average Bonchev–Trinajstić information content (AvgIpc) is 2.76. The lowest BCUT2D eigenvalue weighted by Crippen LogP contribution is -2.28. The van der Waals surface area contributed by atoms with Crippen LogP contribution in [-0.4, -0.2) is 28.9 Å². The summed E-state index contributed by atoms with van der Waals surface area (Å²) in [5.41, 5.74) is 0. The van der Waals surface area contributed by atoms with Crippen LogP contribution in [0.25, 0.3) is 0 Å². The molecule has 2 unspecified atom stereocenters. The summed E-state index contributed by atoms with van der Waals surface area (Å²) in [5.74, 6) is 1.09.